The van der Waals surface area contributed by atoms with Crippen molar-refractivity contribution in [1.29, 1.82) is 0 Å². The first kappa shape index (κ1) is 27.4. The zero-order chi connectivity index (χ0) is 29.2. The van der Waals surface area contributed by atoms with Crippen molar-refractivity contribution in [1.82, 2.24) is 9.88 Å². The second-order valence-electron chi connectivity index (χ2n) is 10.7. The molecule has 6 rings (SSSR count). The summed E-state index contributed by atoms with van der Waals surface area (Å²) >= 11 is 0. The van der Waals surface area contributed by atoms with Crippen LogP contribution >= 0.6 is 0 Å². The van der Waals surface area contributed by atoms with Crippen LogP contribution < -0.4 is 19.7 Å². The van der Waals surface area contributed by atoms with E-state index in [1.54, 1.807) is 32.4 Å². The minimum atomic E-state index is -0.0980. The van der Waals surface area contributed by atoms with Crippen LogP contribution in [-0.4, -0.2) is 43.2 Å². The van der Waals surface area contributed by atoms with Gasteiger partial charge in [-0.25, -0.2) is 0 Å². The Labute approximate surface area is 245 Å². The number of nitrogens with one attached hydrogen (secondary N) is 1. The Hall–Kier alpha value is -4.78. The predicted molar refractivity (Wildman–Crippen MR) is 167 cm³/mol. The molecule has 0 radical (unpaired) electrons. The average Bonchev–Trinajstić information content (AvgIpc) is 3.36. The third-order valence-electron chi connectivity index (χ3n) is 8.28. The monoisotopic (exact) mass is 561 g/mol. The molecular weight excluding hydrogens is 526 g/mol. The van der Waals surface area contributed by atoms with E-state index < -0.39 is 0 Å². The number of rotatable bonds is 8. The number of nitrogens with zero attached hydrogens (tertiary/aromatic N) is 2. The molecule has 1 aliphatic rings. The largest absolute Gasteiger partial charge is 0.493 e. The highest BCUT2D eigenvalue weighted by molar-refractivity contribution is 6.09. The van der Waals surface area contributed by atoms with Crippen molar-refractivity contribution in [3.63, 3.8) is 0 Å². The maximum absolute atomic E-state index is 14.4. The van der Waals surface area contributed by atoms with E-state index in [0.29, 0.717) is 23.6 Å². The fourth-order valence-corrected chi connectivity index (χ4v) is 6.44. The number of carbonyl (C=O) groups is 2. The van der Waals surface area contributed by atoms with Gasteiger partial charge >= 0.3 is 0 Å². The first-order valence-corrected chi connectivity index (χ1v) is 14.4. The number of fused-ring (bicyclic) bond motifs is 4. The van der Waals surface area contributed by atoms with Crippen molar-refractivity contribution in [3.8, 4) is 11.5 Å². The highest BCUT2D eigenvalue weighted by Gasteiger charge is 2.38. The van der Waals surface area contributed by atoms with Crippen LogP contribution in [0.25, 0.3) is 21.8 Å². The first-order chi connectivity index (χ1) is 20.5. The Bertz CT molecular complexity index is 1720. The maximum atomic E-state index is 14.4. The zero-order valence-corrected chi connectivity index (χ0v) is 24.2. The SMILES string of the molecule is COc1ccc(C(=O)N2c3ccccc3C(n3c4ccccc4c4ccccc43)CC2CCCNC(C)=O)cc1OC. The Balaban J connectivity index is 1.48. The standard InChI is InChI=1S/C35H35N3O4/c1-23(39)36-20-10-11-25-22-32(38-29-15-7-4-12-26(29)27-13-5-8-16-30(27)38)28-14-6-9-17-31(28)37(25)35(40)24-18-19-33(41-2)34(21-24)42-3/h4-9,12-19,21,25,32H,10-11,20,22H2,1-3H3,(H,36,39). The molecule has 0 saturated heterocycles. The molecular formula is C35H35N3O4. The van der Waals surface area contributed by atoms with Crippen molar-refractivity contribution in [2.45, 2.75) is 38.3 Å². The molecule has 7 nitrogen and oxygen atoms in total. The van der Waals surface area contributed by atoms with Gasteiger partial charge in [0.15, 0.2) is 11.5 Å². The molecule has 1 aliphatic heterocycles. The molecule has 0 bridgehead atoms. The van der Waals surface area contributed by atoms with Crippen molar-refractivity contribution < 1.29 is 19.1 Å². The van der Waals surface area contributed by atoms with E-state index in [1.165, 1.54) is 28.7 Å². The predicted octanol–water partition coefficient (Wildman–Crippen LogP) is 6.74. The Kier molecular flexibility index (Phi) is 7.57. The Morgan fingerprint density at radius 2 is 1.48 bits per heavy atom. The normalized spacial score (nSPS) is 16.3. The molecule has 0 spiro atoms. The summed E-state index contributed by atoms with van der Waals surface area (Å²) in [4.78, 5) is 27.9. The van der Waals surface area contributed by atoms with E-state index in [2.05, 4.69) is 76.6 Å². The molecule has 1 N–H and O–H groups in total. The summed E-state index contributed by atoms with van der Waals surface area (Å²) < 4.78 is 13.4. The number of ether oxygens (including phenoxy) is 2. The summed E-state index contributed by atoms with van der Waals surface area (Å²) in [5, 5.41) is 5.36. The van der Waals surface area contributed by atoms with Crippen LogP contribution in [-0.2, 0) is 4.79 Å². The number of aromatic nitrogens is 1. The Morgan fingerprint density at radius 3 is 2.14 bits per heavy atom. The van der Waals surface area contributed by atoms with E-state index in [1.807, 2.05) is 11.0 Å². The van der Waals surface area contributed by atoms with Gasteiger partial charge in [-0.1, -0.05) is 54.6 Å². The quantitative estimate of drug-likeness (QED) is 0.213. The van der Waals surface area contributed by atoms with E-state index in [0.717, 1.165) is 30.5 Å². The summed E-state index contributed by atoms with van der Waals surface area (Å²) in [6.07, 6.45) is 2.22. The number of para-hydroxylation sites is 3. The fraction of sp³-hybridized carbons (Fsp3) is 0.257. The number of amides is 2. The topological polar surface area (TPSA) is 72.8 Å². The number of hydrogen-bond donors (Lipinski definition) is 1. The summed E-state index contributed by atoms with van der Waals surface area (Å²) in [6.45, 7) is 2.09. The van der Waals surface area contributed by atoms with Gasteiger partial charge in [-0.15, -0.1) is 0 Å². The molecule has 1 aromatic heterocycles. The third kappa shape index (κ3) is 4.85. The highest BCUT2D eigenvalue weighted by atomic mass is 16.5. The lowest BCUT2D eigenvalue weighted by Crippen LogP contribution is -2.46. The maximum Gasteiger partial charge on any atom is 0.258 e. The molecule has 4 aromatic carbocycles. The molecule has 0 fully saturated rings. The molecule has 7 heteroatoms. The summed E-state index contributed by atoms with van der Waals surface area (Å²) in [7, 11) is 3.16. The van der Waals surface area contributed by atoms with Crippen LogP contribution in [0.15, 0.2) is 91.0 Å². The van der Waals surface area contributed by atoms with Crippen molar-refractivity contribution in [3.05, 3.63) is 102 Å². The van der Waals surface area contributed by atoms with Crippen molar-refractivity contribution in [2.75, 3.05) is 25.7 Å². The lowest BCUT2D eigenvalue weighted by Gasteiger charge is -2.42. The van der Waals surface area contributed by atoms with Crippen LogP contribution in [0.3, 0.4) is 0 Å². The summed E-state index contributed by atoms with van der Waals surface area (Å²) in [6, 6.07) is 30.6. The van der Waals surface area contributed by atoms with E-state index >= 15 is 0 Å². The number of anilines is 1. The number of benzene rings is 4. The molecule has 2 atom stereocenters. The second kappa shape index (κ2) is 11.6. The van der Waals surface area contributed by atoms with Crippen LogP contribution in [0.4, 0.5) is 5.69 Å². The van der Waals surface area contributed by atoms with E-state index in [-0.39, 0.29) is 23.9 Å². The fourth-order valence-electron chi connectivity index (χ4n) is 6.44. The third-order valence-corrected chi connectivity index (χ3v) is 8.28. The van der Waals surface area contributed by atoms with E-state index in [4.69, 9.17) is 9.47 Å². The minimum absolute atomic E-state index is 0.0196. The van der Waals surface area contributed by atoms with Gasteiger partial charge < -0.3 is 24.3 Å². The summed E-state index contributed by atoms with van der Waals surface area (Å²) in [5.41, 5.74) is 4.89. The van der Waals surface area contributed by atoms with Crippen LogP contribution in [0.5, 0.6) is 11.5 Å². The zero-order valence-electron chi connectivity index (χ0n) is 24.2. The van der Waals surface area contributed by atoms with Crippen LogP contribution in [0, 0.1) is 0 Å². The molecule has 2 unspecified atom stereocenters. The van der Waals surface area contributed by atoms with Crippen LogP contribution in [0.1, 0.15) is 48.1 Å². The molecule has 42 heavy (non-hydrogen) atoms. The lowest BCUT2D eigenvalue weighted by atomic mass is 9.87. The minimum Gasteiger partial charge on any atom is -0.493 e. The van der Waals surface area contributed by atoms with E-state index in [9.17, 15) is 9.59 Å². The van der Waals surface area contributed by atoms with Crippen molar-refractivity contribution in [2.24, 2.45) is 0 Å². The molecule has 0 aliphatic carbocycles. The molecule has 0 saturated carbocycles. The van der Waals surface area contributed by atoms with Gasteiger partial charge in [0.05, 0.1) is 20.3 Å². The molecule has 2 amide bonds. The number of hydrogen-bond acceptors (Lipinski definition) is 4. The number of carbonyl (C=O) groups excluding carboxylic acids is 2. The van der Waals surface area contributed by atoms with Gasteiger partial charge in [-0.05, 0) is 61.2 Å². The number of methoxy groups -OCH3 is 2. The van der Waals surface area contributed by atoms with Gasteiger partial charge in [-0.3, -0.25) is 9.59 Å². The Morgan fingerprint density at radius 1 is 0.833 bits per heavy atom. The van der Waals surface area contributed by atoms with Gasteiger partial charge in [0.2, 0.25) is 5.91 Å². The smallest absolute Gasteiger partial charge is 0.258 e. The van der Waals surface area contributed by atoms with Crippen molar-refractivity contribution >= 4 is 39.3 Å². The molecule has 2 heterocycles. The second-order valence-corrected chi connectivity index (χ2v) is 10.7. The lowest BCUT2D eigenvalue weighted by molar-refractivity contribution is -0.118. The molecule has 214 valence electrons. The van der Waals surface area contributed by atoms with Crippen LogP contribution in [0.2, 0.25) is 0 Å². The van der Waals surface area contributed by atoms with Gasteiger partial charge in [0, 0.05) is 52.6 Å². The summed E-state index contributed by atoms with van der Waals surface area (Å²) in [5.74, 6) is 0.949. The first-order valence-electron chi connectivity index (χ1n) is 14.4. The average molecular weight is 562 g/mol. The van der Waals surface area contributed by atoms with Gasteiger partial charge in [0.1, 0.15) is 0 Å². The van der Waals surface area contributed by atoms with Gasteiger partial charge in [0.25, 0.3) is 5.91 Å². The van der Waals surface area contributed by atoms with Gasteiger partial charge in [-0.2, -0.15) is 0 Å². The highest BCUT2D eigenvalue weighted by Crippen LogP contribution is 2.45. The molecule has 5 aromatic rings.